The summed E-state index contributed by atoms with van der Waals surface area (Å²) in [6, 6.07) is 6.47. The van der Waals surface area contributed by atoms with Crippen molar-refractivity contribution in [2.45, 2.75) is 19.9 Å². The second-order valence-electron chi connectivity index (χ2n) is 4.63. The van der Waals surface area contributed by atoms with E-state index in [9.17, 15) is 8.78 Å². The summed E-state index contributed by atoms with van der Waals surface area (Å²) in [4.78, 5) is 7.88. The molecule has 110 valence electrons. The van der Waals surface area contributed by atoms with E-state index in [4.69, 9.17) is 6.57 Å². The Morgan fingerprint density at radius 3 is 2.82 bits per heavy atom. The molecule has 0 saturated carbocycles. The first-order valence-electron chi connectivity index (χ1n) is 6.63. The molecular weight excluding hydrogens is 288 g/mol. The molecule has 0 saturated heterocycles. The third-order valence-corrected chi connectivity index (χ3v) is 3.33. The summed E-state index contributed by atoms with van der Waals surface area (Å²) in [6.45, 7) is 9.61. The van der Waals surface area contributed by atoms with Crippen LogP contribution in [0, 0.1) is 6.57 Å². The highest BCUT2D eigenvalue weighted by Crippen LogP contribution is 2.28. The van der Waals surface area contributed by atoms with E-state index in [2.05, 4.69) is 20.0 Å². The van der Waals surface area contributed by atoms with E-state index in [0.29, 0.717) is 29.1 Å². The first kappa shape index (κ1) is 14.1. The van der Waals surface area contributed by atoms with E-state index in [1.54, 1.807) is 18.2 Å². The molecule has 0 spiro atoms. The van der Waals surface area contributed by atoms with E-state index < -0.39 is 6.43 Å². The number of halogens is 2. The summed E-state index contributed by atoms with van der Waals surface area (Å²) in [6.07, 6.45) is -1.27. The topological polar surface area (TPSA) is 48.0 Å². The Morgan fingerprint density at radius 2 is 2.14 bits per heavy atom. The van der Waals surface area contributed by atoms with Gasteiger partial charge in [-0.05, 0) is 25.1 Å². The monoisotopic (exact) mass is 299 g/mol. The minimum atomic E-state index is -2.68. The summed E-state index contributed by atoms with van der Waals surface area (Å²) >= 11 is 0. The molecule has 0 unspecified atom stereocenters. The summed E-state index contributed by atoms with van der Waals surface area (Å²) in [7, 11) is 0. The van der Waals surface area contributed by atoms with E-state index in [0.717, 1.165) is 5.52 Å². The normalized spacial score (nSPS) is 11.0. The zero-order chi connectivity index (χ0) is 15.7. The standard InChI is InChI=1S/C15H11F2N5/c1-3-22-13-7-10(18-2)4-5-11(13)20-15(22)9-6-12(14(16)17)21-19-8-9/h4-8,14H,3H2,1H3. The van der Waals surface area contributed by atoms with Gasteiger partial charge in [-0.15, -0.1) is 5.10 Å². The molecule has 1 aromatic carbocycles. The van der Waals surface area contributed by atoms with Crippen LogP contribution in [0.5, 0.6) is 0 Å². The largest absolute Gasteiger partial charge is 0.325 e. The van der Waals surface area contributed by atoms with Gasteiger partial charge in [-0.2, -0.15) is 5.10 Å². The molecule has 7 heteroatoms. The SMILES string of the molecule is [C-]#[N+]c1ccc2nc(-c3cnnc(C(F)F)c3)n(CC)c2c1. The average molecular weight is 299 g/mol. The van der Waals surface area contributed by atoms with Gasteiger partial charge in [0.05, 0.1) is 23.8 Å². The number of aryl methyl sites for hydroxylation is 1. The van der Waals surface area contributed by atoms with E-state index in [1.807, 2.05) is 11.5 Å². The van der Waals surface area contributed by atoms with E-state index in [-0.39, 0.29) is 5.69 Å². The number of fused-ring (bicyclic) bond motifs is 1. The smallest absolute Gasteiger partial charge is 0.282 e. The Labute approximate surface area is 125 Å². The number of nitrogens with zero attached hydrogens (tertiary/aromatic N) is 5. The highest BCUT2D eigenvalue weighted by Gasteiger charge is 2.16. The van der Waals surface area contributed by atoms with Crippen molar-refractivity contribution in [1.29, 1.82) is 0 Å². The minimum Gasteiger partial charge on any atom is -0.325 e. The van der Waals surface area contributed by atoms with Crippen LogP contribution >= 0.6 is 0 Å². The predicted octanol–water partition coefficient (Wildman–Crippen LogP) is 4.00. The maximum Gasteiger partial charge on any atom is 0.282 e. The number of hydrogen-bond acceptors (Lipinski definition) is 3. The Morgan fingerprint density at radius 1 is 1.32 bits per heavy atom. The zero-order valence-corrected chi connectivity index (χ0v) is 11.7. The number of alkyl halides is 2. The lowest BCUT2D eigenvalue weighted by Gasteiger charge is -2.06. The molecule has 2 heterocycles. The molecule has 0 radical (unpaired) electrons. The van der Waals surface area contributed by atoms with Crippen molar-refractivity contribution in [1.82, 2.24) is 19.7 Å². The zero-order valence-electron chi connectivity index (χ0n) is 11.7. The summed E-state index contributed by atoms with van der Waals surface area (Å²) in [5.41, 5.74) is 2.11. The maximum absolute atomic E-state index is 12.8. The van der Waals surface area contributed by atoms with Crippen LogP contribution in [-0.4, -0.2) is 19.7 Å². The van der Waals surface area contributed by atoms with Crippen molar-refractivity contribution < 1.29 is 8.78 Å². The molecule has 0 bridgehead atoms. The molecule has 0 aliphatic carbocycles. The molecule has 22 heavy (non-hydrogen) atoms. The Kier molecular flexibility index (Phi) is 3.51. The molecule has 3 rings (SSSR count). The van der Waals surface area contributed by atoms with Gasteiger partial charge < -0.3 is 4.57 Å². The molecule has 0 aliphatic rings. The van der Waals surface area contributed by atoms with Crippen molar-refractivity contribution >= 4 is 16.7 Å². The minimum absolute atomic E-state index is 0.381. The summed E-state index contributed by atoms with van der Waals surface area (Å²) < 4.78 is 27.4. The third-order valence-electron chi connectivity index (χ3n) is 3.33. The van der Waals surface area contributed by atoms with Gasteiger partial charge in [-0.1, -0.05) is 6.07 Å². The van der Waals surface area contributed by atoms with Crippen LogP contribution in [-0.2, 0) is 6.54 Å². The average Bonchev–Trinajstić information content (AvgIpc) is 2.92. The van der Waals surface area contributed by atoms with Crippen molar-refractivity contribution in [3.63, 3.8) is 0 Å². The molecule has 2 aromatic heterocycles. The number of imidazole rings is 1. The third kappa shape index (κ3) is 2.29. The second-order valence-corrected chi connectivity index (χ2v) is 4.63. The molecule has 0 amide bonds. The van der Waals surface area contributed by atoms with Gasteiger partial charge in [-0.3, -0.25) is 0 Å². The lowest BCUT2D eigenvalue weighted by Crippen LogP contribution is -2.00. The molecule has 0 fully saturated rings. The molecular formula is C15H11F2N5. The number of aromatic nitrogens is 4. The highest BCUT2D eigenvalue weighted by atomic mass is 19.3. The predicted molar refractivity (Wildman–Crippen MR) is 77.7 cm³/mol. The van der Waals surface area contributed by atoms with Gasteiger partial charge in [0.25, 0.3) is 6.43 Å². The van der Waals surface area contributed by atoms with Crippen LogP contribution in [0.1, 0.15) is 19.0 Å². The van der Waals surface area contributed by atoms with Crippen molar-refractivity contribution in [3.05, 3.63) is 47.6 Å². The highest BCUT2D eigenvalue weighted by molar-refractivity contribution is 5.84. The number of rotatable bonds is 3. The molecule has 0 aliphatic heterocycles. The van der Waals surface area contributed by atoms with Gasteiger partial charge in [0.1, 0.15) is 11.5 Å². The first-order chi connectivity index (χ1) is 10.6. The van der Waals surface area contributed by atoms with Crippen LogP contribution in [0.15, 0.2) is 30.5 Å². The molecule has 0 atom stereocenters. The lowest BCUT2D eigenvalue weighted by molar-refractivity contribution is 0.145. The van der Waals surface area contributed by atoms with Crippen molar-refractivity contribution in [2.24, 2.45) is 0 Å². The Bertz CT molecular complexity index is 879. The van der Waals surface area contributed by atoms with Crippen LogP contribution in [0.3, 0.4) is 0 Å². The van der Waals surface area contributed by atoms with Crippen LogP contribution < -0.4 is 0 Å². The fraction of sp³-hybridized carbons (Fsp3) is 0.200. The Balaban J connectivity index is 2.23. The van der Waals surface area contributed by atoms with Gasteiger partial charge in [0, 0.05) is 12.1 Å². The number of hydrogen-bond donors (Lipinski definition) is 0. The van der Waals surface area contributed by atoms with Crippen molar-refractivity contribution in [3.8, 4) is 11.4 Å². The van der Waals surface area contributed by atoms with Gasteiger partial charge >= 0.3 is 0 Å². The second kappa shape index (κ2) is 5.48. The van der Waals surface area contributed by atoms with Crippen LogP contribution in [0.2, 0.25) is 0 Å². The van der Waals surface area contributed by atoms with E-state index in [1.165, 1.54) is 12.3 Å². The Hall–Kier alpha value is -2.88. The van der Waals surface area contributed by atoms with Crippen LogP contribution in [0.25, 0.3) is 27.3 Å². The summed E-state index contributed by atoms with van der Waals surface area (Å²) in [5.74, 6) is 0.538. The first-order valence-corrected chi connectivity index (χ1v) is 6.63. The number of benzene rings is 1. The quantitative estimate of drug-likeness (QED) is 0.687. The van der Waals surface area contributed by atoms with Crippen molar-refractivity contribution in [2.75, 3.05) is 0 Å². The molecule has 5 nitrogen and oxygen atoms in total. The summed E-state index contributed by atoms with van der Waals surface area (Å²) in [5, 5.41) is 7.05. The van der Waals surface area contributed by atoms with E-state index >= 15 is 0 Å². The molecule has 0 N–H and O–H groups in total. The molecule has 3 aromatic rings. The van der Waals surface area contributed by atoms with Gasteiger partial charge in [-0.25, -0.2) is 18.6 Å². The maximum atomic E-state index is 12.8. The lowest BCUT2D eigenvalue weighted by atomic mass is 10.2. The fourth-order valence-corrected chi connectivity index (χ4v) is 2.33. The van der Waals surface area contributed by atoms with Gasteiger partial charge in [0.2, 0.25) is 0 Å². The van der Waals surface area contributed by atoms with Gasteiger partial charge in [0.15, 0.2) is 5.69 Å². The van der Waals surface area contributed by atoms with Crippen LogP contribution in [0.4, 0.5) is 14.5 Å². The fourth-order valence-electron chi connectivity index (χ4n) is 2.33.